The van der Waals surface area contributed by atoms with Gasteiger partial charge in [0.05, 0.1) is 0 Å². The maximum atomic E-state index is 3.67. The van der Waals surface area contributed by atoms with Crippen molar-refractivity contribution in [3.63, 3.8) is 0 Å². The Hall–Kier alpha value is -1.30. The lowest BCUT2D eigenvalue weighted by Gasteiger charge is -1.96. The molecule has 0 atom stereocenters. The average molecular weight is 129 g/mol. The van der Waals surface area contributed by atoms with E-state index < -0.39 is 0 Å². The van der Waals surface area contributed by atoms with Gasteiger partial charge in [0, 0.05) is 0 Å². The second-order valence-corrected chi connectivity index (χ2v) is 1.97. The minimum Gasteiger partial charge on any atom is -0.0984 e. The number of rotatable bonds is 2. The van der Waals surface area contributed by atoms with Crippen molar-refractivity contribution in [3.8, 4) is 0 Å². The van der Waals surface area contributed by atoms with Crippen molar-refractivity contribution in [3.05, 3.63) is 54.6 Å². The van der Waals surface area contributed by atoms with Gasteiger partial charge in [-0.3, -0.25) is 0 Å². The maximum Gasteiger partial charge on any atom is -0.0112 e. The van der Waals surface area contributed by atoms with Crippen LogP contribution in [0.5, 0.6) is 0 Å². The molecule has 1 rings (SSSR count). The molecule has 1 radical (unpaired) electrons. The number of hydrogen-bond acceptors (Lipinski definition) is 0. The van der Waals surface area contributed by atoms with Gasteiger partial charge >= 0.3 is 0 Å². The fraction of sp³-hybridized carbons (Fsp3) is 0. The van der Waals surface area contributed by atoms with Crippen molar-refractivity contribution < 1.29 is 0 Å². The summed E-state index contributed by atoms with van der Waals surface area (Å²) in [6.07, 6.45) is 4.62. The lowest BCUT2D eigenvalue weighted by Crippen LogP contribution is -1.77. The van der Waals surface area contributed by atoms with Gasteiger partial charge in [-0.2, -0.15) is 0 Å². The Morgan fingerprint density at radius 3 is 2.50 bits per heavy atom. The van der Waals surface area contributed by atoms with Crippen LogP contribution in [-0.2, 0) is 0 Å². The largest absolute Gasteiger partial charge is 0.0984 e. The summed E-state index contributed by atoms with van der Waals surface area (Å²) in [6, 6.07) is 7.88. The van der Waals surface area contributed by atoms with E-state index in [1.807, 2.05) is 24.3 Å². The predicted octanol–water partition coefficient (Wildman–Crippen LogP) is 2.67. The highest BCUT2D eigenvalue weighted by Crippen LogP contribution is 2.08. The lowest BCUT2D eigenvalue weighted by atomic mass is 10.1. The molecule has 0 N–H and O–H groups in total. The molecule has 0 saturated heterocycles. The highest BCUT2D eigenvalue weighted by molar-refractivity contribution is 5.53. The van der Waals surface area contributed by atoms with Crippen LogP contribution >= 0.6 is 0 Å². The predicted molar refractivity (Wildman–Crippen MR) is 44.5 cm³/mol. The van der Waals surface area contributed by atoms with Crippen molar-refractivity contribution in [1.82, 2.24) is 0 Å². The molecule has 1 aromatic rings. The van der Waals surface area contributed by atoms with Gasteiger partial charge in [0.2, 0.25) is 0 Å². The van der Waals surface area contributed by atoms with Crippen LogP contribution in [0.4, 0.5) is 0 Å². The van der Waals surface area contributed by atoms with Gasteiger partial charge in [0.1, 0.15) is 0 Å². The smallest absolute Gasteiger partial charge is 0.0112 e. The van der Waals surface area contributed by atoms with Gasteiger partial charge in [-0.15, -0.1) is 0 Å². The topological polar surface area (TPSA) is 0 Å². The molecule has 0 aliphatic carbocycles. The average Bonchev–Trinajstić information content (AvgIpc) is 2.04. The quantitative estimate of drug-likeness (QED) is 0.576. The lowest BCUT2D eigenvalue weighted by molar-refractivity contribution is 1.55. The van der Waals surface area contributed by atoms with Gasteiger partial charge in [-0.05, 0) is 17.2 Å². The van der Waals surface area contributed by atoms with Crippen LogP contribution in [0.1, 0.15) is 11.1 Å². The summed E-state index contributed by atoms with van der Waals surface area (Å²) in [4.78, 5) is 0. The Bertz CT molecular complexity index is 219. The summed E-state index contributed by atoms with van der Waals surface area (Å²) >= 11 is 0. The monoisotopic (exact) mass is 129 g/mol. The summed E-state index contributed by atoms with van der Waals surface area (Å²) in [5, 5.41) is 0. The van der Waals surface area contributed by atoms with E-state index in [0.29, 0.717) is 0 Å². The van der Waals surface area contributed by atoms with Crippen molar-refractivity contribution in [2.45, 2.75) is 0 Å². The molecule has 0 heteroatoms. The van der Waals surface area contributed by atoms with Crippen LogP contribution in [0.2, 0.25) is 0 Å². The molecule has 0 amide bonds. The summed E-state index contributed by atoms with van der Waals surface area (Å²) in [5.74, 6) is 0. The van der Waals surface area contributed by atoms with E-state index in [1.54, 1.807) is 6.08 Å². The second kappa shape index (κ2) is 3.02. The Morgan fingerprint density at radius 2 is 2.00 bits per heavy atom. The fourth-order valence-corrected chi connectivity index (χ4v) is 0.836. The molecule has 0 nitrogen and oxygen atoms in total. The van der Waals surface area contributed by atoms with Gasteiger partial charge in [-0.1, -0.05) is 43.5 Å². The number of hydrogen-bond donors (Lipinski definition) is 0. The molecule has 0 aliphatic rings. The first-order valence-corrected chi connectivity index (χ1v) is 3.13. The van der Waals surface area contributed by atoms with Crippen LogP contribution in [0, 0.1) is 6.08 Å². The van der Waals surface area contributed by atoms with E-state index in [9.17, 15) is 0 Å². The summed E-state index contributed by atoms with van der Waals surface area (Å²) < 4.78 is 0. The van der Waals surface area contributed by atoms with Gasteiger partial charge < -0.3 is 0 Å². The summed E-state index contributed by atoms with van der Waals surface area (Å²) in [7, 11) is 0. The summed E-state index contributed by atoms with van der Waals surface area (Å²) in [6.45, 7) is 7.24. The van der Waals surface area contributed by atoms with Crippen molar-refractivity contribution in [2.75, 3.05) is 0 Å². The third kappa shape index (κ3) is 1.16. The second-order valence-electron chi connectivity index (χ2n) is 1.97. The highest BCUT2D eigenvalue weighted by Gasteiger charge is 1.89. The zero-order valence-corrected chi connectivity index (χ0v) is 5.80. The van der Waals surface area contributed by atoms with E-state index in [2.05, 4.69) is 19.2 Å². The van der Waals surface area contributed by atoms with E-state index >= 15 is 0 Å². The molecule has 0 saturated carbocycles. The molecule has 0 bridgehead atoms. The van der Waals surface area contributed by atoms with Crippen LogP contribution in [0.25, 0.3) is 6.08 Å². The van der Waals surface area contributed by atoms with E-state index in [-0.39, 0.29) is 0 Å². The SMILES string of the molecule is C=[C]c1ccccc1C=C. The molecule has 0 fully saturated rings. The Kier molecular flexibility index (Phi) is 2.06. The van der Waals surface area contributed by atoms with E-state index in [1.165, 1.54) is 0 Å². The molecule has 49 valence electrons. The van der Waals surface area contributed by atoms with Crippen molar-refractivity contribution >= 4 is 6.08 Å². The molecule has 0 heterocycles. The molecule has 10 heavy (non-hydrogen) atoms. The highest BCUT2D eigenvalue weighted by atomic mass is 13.9. The zero-order valence-electron chi connectivity index (χ0n) is 5.80. The van der Waals surface area contributed by atoms with E-state index in [4.69, 9.17) is 0 Å². The fourth-order valence-electron chi connectivity index (χ4n) is 0.836. The van der Waals surface area contributed by atoms with Crippen LogP contribution in [0.3, 0.4) is 0 Å². The first kappa shape index (κ1) is 6.81. The van der Waals surface area contributed by atoms with Crippen molar-refractivity contribution in [2.24, 2.45) is 0 Å². The maximum absolute atomic E-state index is 3.67. The van der Waals surface area contributed by atoms with Gasteiger partial charge in [0.25, 0.3) is 0 Å². The first-order chi connectivity index (χ1) is 4.88. The first-order valence-electron chi connectivity index (χ1n) is 3.13. The molecule has 1 aromatic carbocycles. The van der Waals surface area contributed by atoms with Crippen LogP contribution < -0.4 is 0 Å². The molecular weight excluding hydrogens is 120 g/mol. The molecule has 0 spiro atoms. The van der Waals surface area contributed by atoms with Crippen LogP contribution in [-0.4, -0.2) is 0 Å². The third-order valence-electron chi connectivity index (χ3n) is 1.37. The standard InChI is InChI=1S/C10H9/c1-3-9-7-5-6-8-10(9)4-2/h3,5-8H,1-2H2. The van der Waals surface area contributed by atoms with Gasteiger partial charge in [-0.25, -0.2) is 0 Å². The number of benzene rings is 1. The molecule has 0 aromatic heterocycles. The molecular formula is C10H9. The minimum atomic E-state index is 1.01. The van der Waals surface area contributed by atoms with E-state index in [0.717, 1.165) is 11.1 Å². The van der Waals surface area contributed by atoms with Crippen molar-refractivity contribution in [1.29, 1.82) is 0 Å². The van der Waals surface area contributed by atoms with Gasteiger partial charge in [0.15, 0.2) is 0 Å². The van der Waals surface area contributed by atoms with Crippen LogP contribution in [0.15, 0.2) is 37.4 Å². The zero-order chi connectivity index (χ0) is 7.40. The molecule has 0 aliphatic heterocycles. The minimum absolute atomic E-state index is 1.01. The Balaban J connectivity index is 3.20. The summed E-state index contributed by atoms with van der Waals surface area (Å²) in [5.41, 5.74) is 2.09. The normalized spacial score (nSPS) is 8.80. The Labute approximate surface area is 61.5 Å². The third-order valence-corrected chi connectivity index (χ3v) is 1.37. The molecule has 0 unspecified atom stereocenters. The Morgan fingerprint density at radius 1 is 1.30 bits per heavy atom.